The molecule has 10 rings (SSSR count). The third-order valence-electron chi connectivity index (χ3n) is 13.0. The second-order valence-corrected chi connectivity index (χ2v) is 20.5. The van der Waals surface area contributed by atoms with Crippen molar-refractivity contribution in [1.29, 1.82) is 0 Å². The number of carbonyl (C=O) groups excluding carboxylic acids is 4. The molecule has 0 radical (unpaired) electrons. The second kappa shape index (κ2) is 18.7. The smallest absolute Gasteiger partial charge is 0.296 e. The van der Waals surface area contributed by atoms with Gasteiger partial charge in [-0.15, -0.1) is 0 Å². The third kappa shape index (κ3) is 9.07. The van der Waals surface area contributed by atoms with Crippen LogP contribution in [0.4, 0.5) is 63.3 Å². The zero-order valence-electron chi connectivity index (χ0n) is 38.7. The normalized spacial score (nSPS) is 14.6. The highest BCUT2D eigenvalue weighted by molar-refractivity contribution is 8.19. The van der Waals surface area contributed by atoms with Gasteiger partial charge in [-0.05, 0) is 68.3 Å². The zero-order valence-corrected chi connectivity index (χ0v) is 40.3. The number of nitrogens with zero attached hydrogens (tertiary/aromatic N) is 4. The number of nitrogen functional groups attached to an aromatic ring is 2. The van der Waals surface area contributed by atoms with Crippen LogP contribution >= 0.6 is 10.9 Å². The van der Waals surface area contributed by atoms with Gasteiger partial charge in [0.25, 0.3) is 10.1 Å². The first-order valence-corrected chi connectivity index (χ1v) is 25.9. The number of benzene rings is 6. The fraction of sp³-hybridized carbons (Fsp3) is 0.157. The molecule has 1 fully saturated rings. The van der Waals surface area contributed by atoms with Gasteiger partial charge in [0.15, 0.2) is 23.1 Å². The highest BCUT2D eigenvalue weighted by atomic mass is 32.3. The Morgan fingerprint density at radius 3 is 1.34 bits per heavy atom. The summed E-state index contributed by atoms with van der Waals surface area (Å²) in [5.74, 6) is -1.81. The summed E-state index contributed by atoms with van der Waals surface area (Å²) < 4.78 is 66.5. The monoisotopic (exact) mass is 1020 g/mol. The van der Waals surface area contributed by atoms with Crippen molar-refractivity contribution in [3.8, 4) is 0 Å². The van der Waals surface area contributed by atoms with E-state index in [1.807, 2.05) is 6.92 Å². The van der Waals surface area contributed by atoms with Gasteiger partial charge in [-0.1, -0.05) is 79.9 Å². The maximum absolute atomic E-state index is 14.0. The lowest BCUT2D eigenvalue weighted by molar-refractivity contribution is 0.0980. The van der Waals surface area contributed by atoms with Crippen molar-refractivity contribution in [2.24, 2.45) is 0 Å². The summed E-state index contributed by atoms with van der Waals surface area (Å²) in [5.41, 5.74) is 12.4. The molecule has 0 amide bonds. The van der Waals surface area contributed by atoms with E-state index in [-0.39, 0.29) is 73.8 Å². The molecule has 0 saturated heterocycles. The third-order valence-corrected chi connectivity index (χ3v) is 14.8. The standard InChI is InChI=1S/C51H46N10O10S2/c1-2-61(30-16-4-3-5-17-30)51-59-49(56-28-14-10-12-26(22-28)54-35-24-37(72(66,67)68)43(52)41-39(35)45(62)31-18-6-8-20-33(31)47(41)64)58-50(60-51)57-29-15-11-13-27(23-29)55-36-25-38(73(69,70)71)44(53)42-40(36)46(63)32-19-7-9-21-34(32)48(42)65/h6-15,18-25,30,54-55,66-68H,2-5,16-17,52-53H2,1H3,(H,69,70,71)(H2,56,57,58,59,60). The summed E-state index contributed by atoms with van der Waals surface area (Å²) in [6.07, 6.45) is 5.07. The highest BCUT2D eigenvalue weighted by Gasteiger charge is 2.39. The van der Waals surface area contributed by atoms with Gasteiger partial charge in [-0.2, -0.15) is 23.4 Å². The van der Waals surface area contributed by atoms with Gasteiger partial charge < -0.3 is 51.3 Å². The molecule has 0 aliphatic heterocycles. The van der Waals surface area contributed by atoms with Gasteiger partial charge in [0, 0.05) is 57.6 Å². The largest absolute Gasteiger partial charge is 0.397 e. The van der Waals surface area contributed by atoms with Crippen LogP contribution in [0.3, 0.4) is 0 Å². The maximum atomic E-state index is 14.0. The van der Waals surface area contributed by atoms with E-state index in [0.717, 1.165) is 44.2 Å². The highest BCUT2D eigenvalue weighted by Crippen LogP contribution is 2.52. The van der Waals surface area contributed by atoms with Crippen molar-refractivity contribution in [2.75, 3.05) is 44.2 Å². The molecule has 1 saturated carbocycles. The van der Waals surface area contributed by atoms with E-state index in [0.29, 0.717) is 35.2 Å². The number of carbonyl (C=O) groups is 4. The number of hydrogen-bond acceptors (Lipinski definition) is 19. The lowest BCUT2D eigenvalue weighted by atomic mass is 9.82. The molecule has 22 heteroatoms. The Morgan fingerprint density at radius 1 is 0.534 bits per heavy atom. The van der Waals surface area contributed by atoms with Gasteiger partial charge in [-0.3, -0.25) is 23.7 Å². The fourth-order valence-corrected chi connectivity index (χ4v) is 11.0. The average molecular weight is 1020 g/mol. The van der Waals surface area contributed by atoms with E-state index >= 15 is 0 Å². The maximum Gasteiger partial charge on any atom is 0.296 e. The summed E-state index contributed by atoms with van der Waals surface area (Å²) in [6.45, 7) is 2.59. The predicted molar refractivity (Wildman–Crippen MR) is 278 cm³/mol. The molecule has 0 bridgehead atoms. The average Bonchev–Trinajstić information content (AvgIpc) is 3.35. The Labute approximate surface area is 419 Å². The molecule has 20 nitrogen and oxygen atoms in total. The van der Waals surface area contributed by atoms with E-state index in [2.05, 4.69) is 26.2 Å². The molecule has 372 valence electrons. The number of nitrogens with two attached hydrogens (primary N) is 2. The molecule has 0 atom stereocenters. The van der Waals surface area contributed by atoms with E-state index < -0.39 is 65.3 Å². The lowest BCUT2D eigenvalue weighted by Gasteiger charge is -2.33. The lowest BCUT2D eigenvalue weighted by Crippen LogP contribution is -2.38. The number of fused-ring (bicyclic) bond motifs is 4. The van der Waals surface area contributed by atoms with Crippen molar-refractivity contribution in [3.05, 3.63) is 154 Å². The predicted octanol–water partition coefficient (Wildman–Crippen LogP) is 9.55. The molecule has 1 aromatic heterocycles. The molecule has 73 heavy (non-hydrogen) atoms. The number of aromatic nitrogens is 3. The van der Waals surface area contributed by atoms with Crippen LogP contribution in [-0.2, 0) is 10.1 Å². The Hall–Kier alpha value is -8.25. The summed E-state index contributed by atoms with van der Waals surface area (Å²) in [7, 11) is -9.44. The van der Waals surface area contributed by atoms with Crippen molar-refractivity contribution >= 4 is 107 Å². The number of anilines is 11. The Balaban J connectivity index is 0.987. The van der Waals surface area contributed by atoms with Crippen LogP contribution in [0.2, 0.25) is 0 Å². The van der Waals surface area contributed by atoms with Crippen LogP contribution in [0.1, 0.15) is 103 Å². The first kappa shape index (κ1) is 48.4. The topological polar surface area (TPSA) is 325 Å². The summed E-state index contributed by atoms with van der Waals surface area (Å²) in [5, 5.41) is 12.7. The van der Waals surface area contributed by atoms with Gasteiger partial charge in [0.2, 0.25) is 17.8 Å². The molecular formula is C51H46N10O10S2. The molecule has 12 N–H and O–H groups in total. The van der Waals surface area contributed by atoms with Crippen molar-refractivity contribution < 1.29 is 45.8 Å². The van der Waals surface area contributed by atoms with Crippen molar-refractivity contribution in [3.63, 3.8) is 0 Å². The molecule has 3 aliphatic carbocycles. The first-order valence-electron chi connectivity index (χ1n) is 23.0. The minimum absolute atomic E-state index is 0.0180. The molecule has 3 aliphatic rings. The van der Waals surface area contributed by atoms with Gasteiger partial charge in [0.1, 0.15) is 15.8 Å². The minimum atomic E-state index is -4.97. The molecule has 0 spiro atoms. The first-order chi connectivity index (χ1) is 34.9. The quantitative estimate of drug-likeness (QED) is 0.0379. The van der Waals surface area contributed by atoms with Crippen LogP contribution in [0.25, 0.3) is 0 Å². The molecular weight excluding hydrogens is 977 g/mol. The second-order valence-electron chi connectivity index (χ2n) is 17.6. The van der Waals surface area contributed by atoms with Crippen LogP contribution in [0, 0.1) is 0 Å². The van der Waals surface area contributed by atoms with Gasteiger partial charge >= 0.3 is 0 Å². The molecule has 1 heterocycles. The SMILES string of the molecule is CCN(c1nc(Nc2cccc(Nc3cc(S(O)(O)O)c(N)c4c3C(=O)c3ccccc3C4=O)c2)nc(Nc2cccc(Nc3cc(S(=O)(=O)O)c(N)c4c3C(=O)c3ccccc3C4=O)c2)n1)C1CCCCC1. The summed E-state index contributed by atoms with van der Waals surface area (Å²) in [4.78, 5) is 70.9. The van der Waals surface area contributed by atoms with E-state index in [1.54, 1.807) is 72.8 Å². The van der Waals surface area contributed by atoms with Crippen molar-refractivity contribution in [2.45, 2.75) is 54.9 Å². The van der Waals surface area contributed by atoms with Crippen LogP contribution < -0.4 is 37.6 Å². The van der Waals surface area contributed by atoms with Crippen LogP contribution in [0.5, 0.6) is 0 Å². The Kier molecular flexibility index (Phi) is 12.4. The Morgan fingerprint density at radius 2 is 0.932 bits per heavy atom. The number of ketones is 4. The van der Waals surface area contributed by atoms with E-state index in [1.165, 1.54) is 24.3 Å². The molecule has 7 aromatic rings. The minimum Gasteiger partial charge on any atom is -0.397 e. The molecule has 6 aromatic carbocycles. The van der Waals surface area contributed by atoms with E-state index in [4.69, 9.17) is 26.4 Å². The van der Waals surface area contributed by atoms with Crippen LogP contribution in [-0.4, -0.2) is 77.3 Å². The fourth-order valence-electron chi connectivity index (χ4n) is 9.70. The van der Waals surface area contributed by atoms with Crippen LogP contribution in [0.15, 0.2) is 119 Å². The Bertz CT molecular complexity index is 3600. The summed E-state index contributed by atoms with van der Waals surface area (Å²) >= 11 is 0. The zero-order chi connectivity index (χ0) is 51.5. The van der Waals surface area contributed by atoms with E-state index in [9.17, 15) is 45.8 Å². The number of rotatable bonds is 13. The van der Waals surface area contributed by atoms with Crippen molar-refractivity contribution in [1.82, 2.24) is 15.0 Å². The number of nitrogens with one attached hydrogen (secondary N) is 4. The summed E-state index contributed by atoms with van der Waals surface area (Å²) in [6, 6.07) is 28.0. The molecule has 0 unspecified atom stereocenters. The van der Waals surface area contributed by atoms with Gasteiger partial charge in [-0.25, -0.2) is 0 Å². The van der Waals surface area contributed by atoms with Gasteiger partial charge in [0.05, 0.1) is 49.9 Å². The number of hydrogen-bond donors (Lipinski definition) is 10.